The minimum absolute atomic E-state index is 0.153. The van der Waals surface area contributed by atoms with Gasteiger partial charge in [0.2, 0.25) is 0 Å². The van der Waals surface area contributed by atoms with Crippen molar-refractivity contribution in [1.29, 1.82) is 0 Å². The third kappa shape index (κ3) is 4.43. The van der Waals surface area contributed by atoms with Gasteiger partial charge in [0.15, 0.2) is 0 Å². The van der Waals surface area contributed by atoms with Crippen molar-refractivity contribution in [3.8, 4) is 11.5 Å². The summed E-state index contributed by atoms with van der Waals surface area (Å²) in [7, 11) is 2.87. The number of urea groups is 1. The van der Waals surface area contributed by atoms with Gasteiger partial charge in [0.25, 0.3) is 17.7 Å². The number of hydrogen-bond acceptors (Lipinski definition) is 6. The predicted octanol–water partition coefficient (Wildman–Crippen LogP) is 3.17. The zero-order valence-corrected chi connectivity index (χ0v) is 20.1. The molecule has 0 aliphatic carbocycles. The monoisotopic (exact) mass is 488 g/mol. The third-order valence-electron chi connectivity index (χ3n) is 5.75. The Balaban J connectivity index is 1.69. The second-order valence-electron chi connectivity index (χ2n) is 7.96. The van der Waals surface area contributed by atoms with Gasteiger partial charge in [-0.1, -0.05) is 18.2 Å². The molecule has 10 heteroatoms. The van der Waals surface area contributed by atoms with Crippen molar-refractivity contribution in [3.63, 3.8) is 0 Å². The van der Waals surface area contributed by atoms with Crippen molar-refractivity contribution in [2.45, 2.75) is 13.8 Å². The molecule has 4 rings (SSSR count). The number of nitrogens with one attached hydrogen (secondary N) is 2. The highest BCUT2D eigenvalue weighted by Crippen LogP contribution is 2.34. The number of aromatic nitrogens is 1. The van der Waals surface area contributed by atoms with E-state index in [4.69, 9.17) is 9.47 Å². The van der Waals surface area contributed by atoms with Gasteiger partial charge in [-0.2, -0.15) is 0 Å². The Morgan fingerprint density at radius 2 is 1.69 bits per heavy atom. The van der Waals surface area contributed by atoms with Crippen molar-refractivity contribution in [2.24, 2.45) is 0 Å². The zero-order valence-electron chi connectivity index (χ0n) is 20.1. The molecule has 0 unspecified atom stereocenters. The van der Waals surface area contributed by atoms with Gasteiger partial charge >= 0.3 is 6.03 Å². The van der Waals surface area contributed by atoms with Crippen molar-refractivity contribution in [2.75, 3.05) is 24.5 Å². The van der Waals surface area contributed by atoms with E-state index in [-0.39, 0.29) is 22.9 Å². The van der Waals surface area contributed by atoms with E-state index in [0.717, 1.165) is 4.90 Å². The van der Waals surface area contributed by atoms with E-state index < -0.39 is 17.8 Å². The number of rotatable bonds is 6. The molecule has 2 aromatic carbocycles. The van der Waals surface area contributed by atoms with Crippen LogP contribution in [0.25, 0.3) is 6.08 Å². The Morgan fingerprint density at radius 1 is 0.972 bits per heavy atom. The number of methoxy groups -OCH3 is 2. The van der Waals surface area contributed by atoms with E-state index in [1.165, 1.54) is 32.4 Å². The van der Waals surface area contributed by atoms with Crippen molar-refractivity contribution < 1.29 is 28.7 Å². The maximum absolute atomic E-state index is 13.4. The van der Waals surface area contributed by atoms with E-state index in [1.54, 1.807) is 54.9 Å². The summed E-state index contributed by atoms with van der Waals surface area (Å²) in [6, 6.07) is 14.1. The molecule has 0 bridgehead atoms. The molecular formula is C26H24N4O6. The molecule has 0 saturated carbocycles. The van der Waals surface area contributed by atoms with E-state index in [2.05, 4.69) is 10.7 Å². The van der Waals surface area contributed by atoms with Gasteiger partial charge in [-0.05, 0) is 55.8 Å². The van der Waals surface area contributed by atoms with Gasteiger partial charge in [-0.25, -0.2) is 9.69 Å². The molecule has 2 N–H and O–H groups in total. The van der Waals surface area contributed by atoms with E-state index in [1.807, 2.05) is 6.07 Å². The summed E-state index contributed by atoms with van der Waals surface area (Å²) in [4.78, 5) is 52.1. The van der Waals surface area contributed by atoms with E-state index in [0.29, 0.717) is 28.3 Å². The number of ether oxygens (including phenoxy) is 2. The van der Waals surface area contributed by atoms with E-state index in [9.17, 15) is 19.2 Å². The molecule has 3 aromatic rings. The Bertz CT molecular complexity index is 1410. The van der Waals surface area contributed by atoms with Crippen LogP contribution in [0.3, 0.4) is 0 Å². The lowest BCUT2D eigenvalue weighted by molar-refractivity contribution is -0.122. The maximum atomic E-state index is 13.4. The van der Waals surface area contributed by atoms with Crippen LogP contribution in [0.2, 0.25) is 0 Å². The van der Waals surface area contributed by atoms with Gasteiger partial charge in [0.1, 0.15) is 17.1 Å². The predicted molar refractivity (Wildman–Crippen MR) is 133 cm³/mol. The van der Waals surface area contributed by atoms with Crippen LogP contribution >= 0.6 is 0 Å². The van der Waals surface area contributed by atoms with Gasteiger partial charge in [0.05, 0.1) is 19.9 Å². The summed E-state index contributed by atoms with van der Waals surface area (Å²) in [5.74, 6) is -1.27. The molecule has 10 nitrogen and oxygen atoms in total. The van der Waals surface area contributed by atoms with Crippen LogP contribution in [0.1, 0.15) is 27.3 Å². The Labute approximate surface area is 207 Å². The largest absolute Gasteiger partial charge is 0.497 e. The Hall–Kier alpha value is -4.86. The summed E-state index contributed by atoms with van der Waals surface area (Å²) < 4.78 is 12.1. The van der Waals surface area contributed by atoms with Crippen molar-refractivity contribution in [1.82, 2.24) is 9.99 Å². The fraction of sp³-hybridized carbons (Fsp3) is 0.154. The number of nitrogens with zero attached hydrogens (tertiary/aromatic N) is 2. The first-order valence-electron chi connectivity index (χ1n) is 10.9. The topological polar surface area (TPSA) is 119 Å². The van der Waals surface area contributed by atoms with Crippen LogP contribution in [-0.2, 0) is 9.59 Å². The standard InChI is InChI=1S/C26H24N4O6/c1-15-12-18(16(2)30(15)28-23(31)17-8-6-5-7-9-17)13-20-24(32)27-26(34)29(25(20)33)21-11-10-19(35-3)14-22(21)36-4/h5-14H,1-4H3,(H,28,31)(H,27,32,34)/b20-13+. The molecule has 1 fully saturated rings. The summed E-state index contributed by atoms with van der Waals surface area (Å²) in [5, 5.41) is 2.20. The molecule has 0 spiro atoms. The maximum Gasteiger partial charge on any atom is 0.336 e. The molecule has 1 aromatic heterocycles. The fourth-order valence-electron chi connectivity index (χ4n) is 3.86. The lowest BCUT2D eigenvalue weighted by Gasteiger charge is -2.27. The first-order valence-corrected chi connectivity index (χ1v) is 10.9. The molecule has 1 saturated heterocycles. The van der Waals surface area contributed by atoms with Crippen LogP contribution in [0.15, 0.2) is 60.2 Å². The van der Waals surface area contributed by atoms with E-state index >= 15 is 0 Å². The van der Waals surface area contributed by atoms with Crippen molar-refractivity contribution >= 4 is 35.5 Å². The second kappa shape index (κ2) is 9.79. The number of benzene rings is 2. The second-order valence-corrected chi connectivity index (χ2v) is 7.96. The number of barbiturate groups is 1. The first-order chi connectivity index (χ1) is 17.2. The number of carbonyl (C=O) groups is 4. The minimum Gasteiger partial charge on any atom is -0.497 e. The van der Waals surface area contributed by atoms with Gasteiger partial charge < -0.3 is 9.47 Å². The van der Waals surface area contributed by atoms with Crippen LogP contribution in [0.4, 0.5) is 10.5 Å². The number of hydrogen-bond donors (Lipinski definition) is 2. The van der Waals surface area contributed by atoms with Crippen LogP contribution in [0, 0.1) is 13.8 Å². The number of anilines is 1. The van der Waals surface area contributed by atoms with Crippen LogP contribution in [0.5, 0.6) is 11.5 Å². The first kappa shape index (κ1) is 24.3. The molecule has 5 amide bonds. The smallest absolute Gasteiger partial charge is 0.336 e. The van der Waals surface area contributed by atoms with Gasteiger partial charge in [-0.3, -0.25) is 29.8 Å². The molecule has 2 heterocycles. The van der Waals surface area contributed by atoms with Gasteiger partial charge in [-0.15, -0.1) is 0 Å². The highest BCUT2D eigenvalue weighted by molar-refractivity contribution is 6.39. The molecule has 1 aliphatic heterocycles. The number of imide groups is 2. The number of carbonyl (C=O) groups excluding carboxylic acids is 4. The zero-order chi connectivity index (χ0) is 26.0. The lowest BCUT2D eigenvalue weighted by Crippen LogP contribution is -2.54. The molecule has 0 atom stereocenters. The third-order valence-corrected chi connectivity index (χ3v) is 5.75. The number of amides is 5. The fourth-order valence-corrected chi connectivity index (χ4v) is 3.86. The summed E-state index contributed by atoms with van der Waals surface area (Å²) in [5.41, 5.74) is 4.99. The van der Waals surface area contributed by atoms with Gasteiger partial charge in [0, 0.05) is 23.0 Å². The average Bonchev–Trinajstić information content (AvgIpc) is 3.14. The quantitative estimate of drug-likeness (QED) is 0.406. The summed E-state index contributed by atoms with van der Waals surface area (Å²) >= 11 is 0. The summed E-state index contributed by atoms with van der Waals surface area (Å²) in [6.45, 7) is 3.52. The Morgan fingerprint density at radius 3 is 2.36 bits per heavy atom. The average molecular weight is 489 g/mol. The lowest BCUT2D eigenvalue weighted by atomic mass is 10.1. The minimum atomic E-state index is -0.897. The normalized spacial score (nSPS) is 14.6. The molecule has 36 heavy (non-hydrogen) atoms. The highest BCUT2D eigenvalue weighted by Gasteiger charge is 2.38. The molecule has 1 aliphatic rings. The van der Waals surface area contributed by atoms with Crippen LogP contribution < -0.4 is 25.1 Å². The molecular weight excluding hydrogens is 464 g/mol. The molecule has 184 valence electrons. The molecule has 0 radical (unpaired) electrons. The Kier molecular flexibility index (Phi) is 6.60. The summed E-state index contributed by atoms with van der Waals surface area (Å²) in [6.07, 6.45) is 1.39. The number of aryl methyl sites for hydroxylation is 1. The SMILES string of the molecule is COc1ccc(N2C(=O)NC(=O)/C(=C\c3cc(C)n(NC(=O)c4ccccc4)c3C)C2=O)c(OC)c1. The van der Waals surface area contributed by atoms with Crippen molar-refractivity contribution in [3.05, 3.63) is 82.7 Å². The highest BCUT2D eigenvalue weighted by atomic mass is 16.5. The van der Waals surface area contributed by atoms with Crippen LogP contribution in [-0.4, -0.2) is 42.6 Å².